The van der Waals surface area contributed by atoms with Crippen LogP contribution in [0, 0.1) is 0 Å². The number of rotatable bonds is 49. The third kappa shape index (κ3) is 46.1. The summed E-state index contributed by atoms with van der Waals surface area (Å²) in [6.07, 6.45) is 64.2. The zero-order valence-corrected chi connectivity index (χ0v) is 42.4. The van der Waals surface area contributed by atoms with E-state index in [4.69, 9.17) is 4.74 Å². The van der Waals surface area contributed by atoms with Crippen molar-refractivity contribution in [3.8, 4) is 0 Å². The molecule has 3 N–H and O–H groups in total. The Kier molecular flexibility index (Phi) is 49.6. The van der Waals surface area contributed by atoms with Crippen LogP contribution in [0.3, 0.4) is 0 Å². The van der Waals surface area contributed by atoms with Crippen LogP contribution in [-0.2, 0) is 14.3 Å². The monoisotopic (exact) mass is 896 g/mol. The van der Waals surface area contributed by atoms with Gasteiger partial charge in [0, 0.05) is 6.42 Å². The van der Waals surface area contributed by atoms with Gasteiger partial charge in [0.2, 0.25) is 5.91 Å². The van der Waals surface area contributed by atoms with Crippen LogP contribution in [0.1, 0.15) is 271 Å². The molecule has 0 aromatic rings. The van der Waals surface area contributed by atoms with Gasteiger partial charge in [0.25, 0.3) is 0 Å². The molecule has 64 heavy (non-hydrogen) atoms. The molecule has 0 saturated carbocycles. The molecule has 0 heterocycles. The molecule has 1 amide bonds. The van der Waals surface area contributed by atoms with Crippen molar-refractivity contribution in [2.45, 2.75) is 289 Å². The average molecular weight is 896 g/mol. The molecule has 0 fully saturated rings. The Morgan fingerprint density at radius 1 is 0.453 bits per heavy atom. The maximum atomic E-state index is 13.2. The number of nitrogens with one attached hydrogen (secondary N) is 1. The maximum absolute atomic E-state index is 13.2. The van der Waals surface area contributed by atoms with Gasteiger partial charge >= 0.3 is 5.97 Å². The summed E-state index contributed by atoms with van der Waals surface area (Å²) in [5, 5.41) is 23.8. The topological polar surface area (TPSA) is 95.9 Å². The molecule has 0 spiro atoms. The molecule has 0 radical (unpaired) electrons. The fourth-order valence-corrected chi connectivity index (χ4v) is 8.12. The second kappa shape index (κ2) is 51.5. The van der Waals surface area contributed by atoms with Gasteiger partial charge in [-0.15, -0.1) is 0 Å². The van der Waals surface area contributed by atoms with E-state index in [1.54, 1.807) is 0 Å². The van der Waals surface area contributed by atoms with Gasteiger partial charge in [-0.1, -0.05) is 229 Å². The number of hydrogen-bond donors (Lipinski definition) is 3. The first kappa shape index (κ1) is 61.6. The first-order chi connectivity index (χ1) is 31.5. The number of amides is 1. The smallest absolute Gasteiger partial charge is 0.306 e. The molecule has 6 heteroatoms. The van der Waals surface area contributed by atoms with E-state index in [2.05, 4.69) is 86.8 Å². The molecule has 0 aromatic heterocycles. The lowest BCUT2D eigenvalue weighted by molar-refractivity contribution is -0.151. The predicted octanol–water partition coefficient (Wildman–Crippen LogP) is 16.8. The molecule has 0 aliphatic carbocycles. The quantitative estimate of drug-likeness (QED) is 0.0321. The number of carbonyl (C=O) groups is 2. The number of esters is 1. The molecule has 3 unspecified atom stereocenters. The first-order valence-electron chi connectivity index (χ1n) is 27.5. The number of carbonyl (C=O) groups excluding carboxylic acids is 2. The van der Waals surface area contributed by atoms with Crippen molar-refractivity contribution < 1.29 is 24.5 Å². The Bertz CT molecular complexity index is 1140. The Morgan fingerprint density at radius 2 is 0.812 bits per heavy atom. The highest BCUT2D eigenvalue weighted by Gasteiger charge is 2.24. The lowest BCUT2D eigenvalue weighted by atomic mass is 10.0. The number of aliphatic hydroxyl groups excluding tert-OH is 2. The fourth-order valence-electron chi connectivity index (χ4n) is 8.12. The summed E-state index contributed by atoms with van der Waals surface area (Å²) in [4.78, 5) is 26.2. The van der Waals surface area contributed by atoms with Crippen molar-refractivity contribution in [2.75, 3.05) is 6.61 Å². The lowest BCUT2D eigenvalue weighted by Crippen LogP contribution is -2.46. The van der Waals surface area contributed by atoms with Crippen molar-refractivity contribution in [1.29, 1.82) is 0 Å². The van der Waals surface area contributed by atoms with Gasteiger partial charge in [-0.2, -0.15) is 0 Å². The van der Waals surface area contributed by atoms with Crippen LogP contribution in [0.5, 0.6) is 0 Å². The summed E-state index contributed by atoms with van der Waals surface area (Å²) in [6.45, 7) is 6.44. The minimum absolute atomic E-state index is 0.0381. The van der Waals surface area contributed by atoms with E-state index in [9.17, 15) is 19.8 Å². The van der Waals surface area contributed by atoms with Gasteiger partial charge in [0.15, 0.2) is 0 Å². The van der Waals surface area contributed by atoms with Gasteiger partial charge in [0.05, 0.1) is 25.2 Å². The SMILES string of the molecule is CCCCC/C=C\C/C=C\C/C=C\C/C=C\CCCC(CC(=O)NC(CO)C(O)CCCCCCCCCCCCCCC)OC(=O)CCCCCCCCC/C=C\CCCCCC. The molecule has 0 rings (SSSR count). The van der Waals surface area contributed by atoms with Crippen molar-refractivity contribution >= 4 is 11.9 Å². The lowest BCUT2D eigenvalue weighted by Gasteiger charge is -2.24. The van der Waals surface area contributed by atoms with Crippen LogP contribution < -0.4 is 5.32 Å². The average Bonchev–Trinajstić information content (AvgIpc) is 3.29. The van der Waals surface area contributed by atoms with Crippen LogP contribution in [-0.4, -0.2) is 46.9 Å². The zero-order chi connectivity index (χ0) is 46.7. The third-order valence-electron chi connectivity index (χ3n) is 12.3. The van der Waals surface area contributed by atoms with Gasteiger partial charge in [0.1, 0.15) is 6.10 Å². The summed E-state index contributed by atoms with van der Waals surface area (Å²) < 4.78 is 5.92. The normalized spacial score (nSPS) is 13.6. The second-order valence-electron chi connectivity index (χ2n) is 18.6. The highest BCUT2D eigenvalue weighted by Crippen LogP contribution is 2.17. The zero-order valence-electron chi connectivity index (χ0n) is 42.4. The number of hydrogen-bond acceptors (Lipinski definition) is 5. The molecule has 0 aliphatic heterocycles. The Labute approximate surface area is 397 Å². The fraction of sp³-hybridized carbons (Fsp3) is 0.793. The van der Waals surface area contributed by atoms with Crippen LogP contribution in [0.15, 0.2) is 60.8 Å². The van der Waals surface area contributed by atoms with Crippen molar-refractivity contribution in [2.24, 2.45) is 0 Å². The summed E-state index contributed by atoms with van der Waals surface area (Å²) in [5.74, 6) is -0.528. The van der Waals surface area contributed by atoms with Crippen molar-refractivity contribution in [3.05, 3.63) is 60.8 Å². The first-order valence-corrected chi connectivity index (χ1v) is 27.5. The molecule has 3 atom stereocenters. The minimum Gasteiger partial charge on any atom is -0.462 e. The van der Waals surface area contributed by atoms with Crippen LogP contribution >= 0.6 is 0 Å². The molecular weight excluding hydrogens is 791 g/mol. The summed E-state index contributed by atoms with van der Waals surface area (Å²) in [5.41, 5.74) is 0. The largest absolute Gasteiger partial charge is 0.462 e. The highest BCUT2D eigenvalue weighted by molar-refractivity contribution is 5.77. The van der Waals surface area contributed by atoms with E-state index in [0.29, 0.717) is 19.3 Å². The van der Waals surface area contributed by atoms with E-state index in [1.165, 1.54) is 154 Å². The third-order valence-corrected chi connectivity index (χ3v) is 12.3. The molecule has 0 bridgehead atoms. The Hall–Kier alpha value is -2.44. The second-order valence-corrected chi connectivity index (χ2v) is 18.6. The predicted molar refractivity (Wildman–Crippen MR) is 278 cm³/mol. The summed E-state index contributed by atoms with van der Waals surface area (Å²) in [6, 6.07) is -0.721. The van der Waals surface area contributed by atoms with E-state index in [-0.39, 0.29) is 24.9 Å². The van der Waals surface area contributed by atoms with Crippen LogP contribution in [0.2, 0.25) is 0 Å². The summed E-state index contributed by atoms with van der Waals surface area (Å²) in [7, 11) is 0. The Balaban J connectivity index is 4.68. The molecule has 0 aliphatic rings. The number of unbranched alkanes of at least 4 members (excludes halogenated alkanes) is 27. The standard InChI is InChI=1S/C58H105NO5/c1-4-7-10-13-16-19-22-25-27-28-30-32-34-37-40-43-46-49-54(64-58(63)51-48-45-42-39-36-33-29-26-23-20-17-14-11-8-5-2)52-57(62)59-55(53-60)56(61)50-47-44-41-38-35-31-24-21-18-15-12-9-6-3/h16,19-20,23,25,27,30,32,37,40,54-56,60-61H,4-15,17-18,21-22,24,26,28-29,31,33-36,38-39,41-53H2,1-3H3,(H,59,62)/b19-16-,23-20-,27-25-,32-30-,40-37-. The van der Waals surface area contributed by atoms with Crippen LogP contribution in [0.4, 0.5) is 0 Å². The van der Waals surface area contributed by atoms with E-state index < -0.39 is 18.2 Å². The molecule has 372 valence electrons. The number of allylic oxidation sites excluding steroid dienone is 10. The van der Waals surface area contributed by atoms with E-state index in [1.807, 2.05) is 0 Å². The van der Waals surface area contributed by atoms with Crippen molar-refractivity contribution in [3.63, 3.8) is 0 Å². The van der Waals surface area contributed by atoms with E-state index >= 15 is 0 Å². The maximum Gasteiger partial charge on any atom is 0.306 e. The van der Waals surface area contributed by atoms with Gasteiger partial charge in [-0.25, -0.2) is 0 Å². The van der Waals surface area contributed by atoms with E-state index in [0.717, 1.165) is 70.6 Å². The van der Waals surface area contributed by atoms with Gasteiger partial charge in [-0.3, -0.25) is 9.59 Å². The van der Waals surface area contributed by atoms with Crippen LogP contribution in [0.25, 0.3) is 0 Å². The minimum atomic E-state index is -0.804. The molecule has 6 nitrogen and oxygen atoms in total. The Morgan fingerprint density at radius 3 is 1.30 bits per heavy atom. The van der Waals surface area contributed by atoms with Crippen molar-refractivity contribution in [1.82, 2.24) is 5.32 Å². The molecular formula is C58H105NO5. The van der Waals surface area contributed by atoms with Gasteiger partial charge < -0.3 is 20.3 Å². The van der Waals surface area contributed by atoms with Gasteiger partial charge in [-0.05, 0) is 89.9 Å². The molecule has 0 saturated heterocycles. The number of ether oxygens (including phenoxy) is 1. The highest BCUT2D eigenvalue weighted by atomic mass is 16.5. The molecule has 0 aromatic carbocycles. The number of aliphatic hydroxyl groups is 2. The summed E-state index contributed by atoms with van der Waals surface area (Å²) >= 11 is 0.